The van der Waals surface area contributed by atoms with Gasteiger partial charge in [0.25, 0.3) is 0 Å². The van der Waals surface area contributed by atoms with Crippen molar-refractivity contribution in [3.05, 3.63) is 29.3 Å². The number of benzene rings is 1. The highest BCUT2D eigenvalue weighted by molar-refractivity contribution is 5.79. The Morgan fingerprint density at radius 2 is 1.93 bits per heavy atom. The number of ketones is 1. The molecule has 2 aliphatic rings. The fourth-order valence-electron chi connectivity index (χ4n) is 5.54. The van der Waals surface area contributed by atoms with E-state index in [-0.39, 0.29) is 23.4 Å². The zero-order valence-electron chi connectivity index (χ0n) is 17.9. The van der Waals surface area contributed by atoms with E-state index in [4.69, 9.17) is 0 Å². The zero-order valence-corrected chi connectivity index (χ0v) is 17.9. The third-order valence-corrected chi connectivity index (χ3v) is 7.35. The summed E-state index contributed by atoms with van der Waals surface area (Å²) in [5.41, 5.74) is 2.14. The standard InChI is InChI=1S/C25H38O3/c1-4-5-6-7-12-25(2,3)18-9-11-21(24(28)14-18)23-16-20(27)13-17-8-10-19(26)15-22(17)23/h9,11,14,17,20,22-23,27-28H,4-8,10,12-13,15-16H2,1-3H3/t17-,20+,22+,23-/m0/s1. The number of phenols is 1. The number of carbonyl (C=O) groups is 1. The number of aromatic hydroxyl groups is 1. The molecular weight excluding hydrogens is 348 g/mol. The van der Waals surface area contributed by atoms with E-state index in [1.807, 2.05) is 6.07 Å². The average molecular weight is 387 g/mol. The van der Waals surface area contributed by atoms with Crippen molar-refractivity contribution in [3.8, 4) is 5.75 Å². The summed E-state index contributed by atoms with van der Waals surface area (Å²) in [6, 6.07) is 6.17. The lowest BCUT2D eigenvalue weighted by molar-refractivity contribution is -0.124. The molecule has 2 aliphatic carbocycles. The summed E-state index contributed by atoms with van der Waals surface area (Å²) in [5.74, 6) is 1.44. The van der Waals surface area contributed by atoms with Crippen molar-refractivity contribution in [1.29, 1.82) is 0 Å². The van der Waals surface area contributed by atoms with E-state index < -0.39 is 0 Å². The van der Waals surface area contributed by atoms with Crippen LogP contribution in [0.4, 0.5) is 0 Å². The molecule has 2 N–H and O–H groups in total. The molecule has 1 aromatic rings. The van der Waals surface area contributed by atoms with E-state index in [0.29, 0.717) is 36.7 Å². The maximum absolute atomic E-state index is 12.1. The predicted molar refractivity (Wildman–Crippen MR) is 114 cm³/mol. The molecule has 156 valence electrons. The molecule has 0 unspecified atom stereocenters. The number of fused-ring (bicyclic) bond motifs is 1. The van der Waals surface area contributed by atoms with Gasteiger partial charge in [0.15, 0.2) is 0 Å². The molecule has 0 bridgehead atoms. The molecule has 4 atom stereocenters. The minimum Gasteiger partial charge on any atom is -0.508 e. The Kier molecular flexibility index (Phi) is 6.85. The quantitative estimate of drug-likeness (QED) is 0.577. The van der Waals surface area contributed by atoms with Crippen molar-refractivity contribution < 1.29 is 15.0 Å². The van der Waals surface area contributed by atoms with Gasteiger partial charge in [-0.15, -0.1) is 0 Å². The van der Waals surface area contributed by atoms with Crippen LogP contribution in [0.5, 0.6) is 5.75 Å². The van der Waals surface area contributed by atoms with Gasteiger partial charge in [-0.1, -0.05) is 58.6 Å². The lowest BCUT2D eigenvalue weighted by Gasteiger charge is -2.43. The fraction of sp³-hybridized carbons (Fsp3) is 0.720. The molecule has 2 fully saturated rings. The van der Waals surface area contributed by atoms with Gasteiger partial charge >= 0.3 is 0 Å². The third-order valence-electron chi connectivity index (χ3n) is 7.35. The Balaban J connectivity index is 1.78. The SMILES string of the molecule is CCCCCCC(C)(C)c1ccc([C@@H]2C[C@H](O)C[C@@H]3CCC(=O)C[C@H]32)c(O)c1. The number of hydrogen-bond acceptors (Lipinski definition) is 3. The first-order chi connectivity index (χ1) is 13.3. The van der Waals surface area contributed by atoms with Crippen molar-refractivity contribution in [1.82, 2.24) is 0 Å². The summed E-state index contributed by atoms with van der Waals surface area (Å²) < 4.78 is 0. The number of carbonyl (C=O) groups excluding carboxylic acids is 1. The van der Waals surface area contributed by atoms with Gasteiger partial charge in [0.05, 0.1) is 6.10 Å². The second kappa shape index (κ2) is 8.98. The Labute approximate surface area is 170 Å². The molecular formula is C25H38O3. The average Bonchev–Trinajstić information content (AvgIpc) is 2.65. The second-order valence-corrected chi connectivity index (χ2v) is 9.91. The number of hydrogen-bond donors (Lipinski definition) is 2. The van der Waals surface area contributed by atoms with E-state index in [2.05, 4.69) is 32.9 Å². The number of rotatable bonds is 7. The maximum Gasteiger partial charge on any atom is 0.133 e. The van der Waals surface area contributed by atoms with Gasteiger partial charge in [-0.05, 0) is 66.0 Å². The van der Waals surface area contributed by atoms with Crippen molar-refractivity contribution in [2.24, 2.45) is 11.8 Å². The van der Waals surface area contributed by atoms with Gasteiger partial charge in [0.2, 0.25) is 0 Å². The molecule has 1 aromatic carbocycles. The van der Waals surface area contributed by atoms with Gasteiger partial charge in [-0.25, -0.2) is 0 Å². The minimum atomic E-state index is -0.325. The van der Waals surface area contributed by atoms with Crippen LogP contribution in [0, 0.1) is 11.8 Å². The molecule has 3 rings (SSSR count). The highest BCUT2D eigenvalue weighted by Crippen LogP contribution is 2.49. The third kappa shape index (κ3) is 4.79. The molecule has 3 nitrogen and oxygen atoms in total. The van der Waals surface area contributed by atoms with Gasteiger partial charge in [-0.2, -0.15) is 0 Å². The zero-order chi connectivity index (χ0) is 20.3. The summed E-state index contributed by atoms with van der Waals surface area (Å²) in [5, 5.41) is 21.3. The van der Waals surface area contributed by atoms with Crippen molar-refractivity contribution in [3.63, 3.8) is 0 Å². The maximum atomic E-state index is 12.1. The molecule has 0 heterocycles. The second-order valence-electron chi connectivity index (χ2n) is 9.91. The smallest absolute Gasteiger partial charge is 0.133 e. The van der Waals surface area contributed by atoms with Crippen LogP contribution in [0.3, 0.4) is 0 Å². The topological polar surface area (TPSA) is 57.5 Å². The molecule has 3 heteroatoms. The van der Waals surface area contributed by atoms with Gasteiger partial charge in [-0.3, -0.25) is 4.79 Å². The number of phenolic OH excluding ortho intramolecular Hbond substituents is 1. The van der Waals surface area contributed by atoms with Crippen LogP contribution < -0.4 is 0 Å². The van der Waals surface area contributed by atoms with Crippen LogP contribution in [0.15, 0.2) is 18.2 Å². The van der Waals surface area contributed by atoms with E-state index in [1.54, 1.807) is 0 Å². The summed E-state index contributed by atoms with van der Waals surface area (Å²) in [6.45, 7) is 6.75. The van der Waals surface area contributed by atoms with E-state index in [9.17, 15) is 15.0 Å². The molecule has 0 saturated heterocycles. The van der Waals surface area contributed by atoms with Crippen LogP contribution in [-0.4, -0.2) is 22.1 Å². The Morgan fingerprint density at radius 3 is 2.64 bits per heavy atom. The molecule has 0 spiro atoms. The van der Waals surface area contributed by atoms with Crippen molar-refractivity contribution in [2.45, 2.75) is 102 Å². The van der Waals surface area contributed by atoms with Gasteiger partial charge in [0, 0.05) is 12.8 Å². The van der Waals surface area contributed by atoms with Crippen molar-refractivity contribution >= 4 is 5.78 Å². The molecule has 0 radical (unpaired) electrons. The number of Topliss-reactive ketones (excluding diaryl/α,β-unsaturated/α-hetero) is 1. The highest BCUT2D eigenvalue weighted by Gasteiger charge is 2.42. The molecule has 2 saturated carbocycles. The first kappa shape index (κ1) is 21.4. The van der Waals surface area contributed by atoms with E-state index in [0.717, 1.165) is 24.8 Å². The lowest BCUT2D eigenvalue weighted by Crippen LogP contribution is -2.38. The van der Waals surface area contributed by atoms with Crippen LogP contribution in [0.2, 0.25) is 0 Å². The monoisotopic (exact) mass is 386 g/mol. The summed E-state index contributed by atoms with van der Waals surface area (Å²) in [4.78, 5) is 12.1. The molecule has 0 amide bonds. The Hall–Kier alpha value is -1.35. The molecule has 0 aromatic heterocycles. The number of unbranched alkanes of at least 4 members (excludes halogenated alkanes) is 3. The summed E-state index contributed by atoms with van der Waals surface area (Å²) >= 11 is 0. The predicted octanol–water partition coefficient (Wildman–Crippen LogP) is 5.86. The van der Waals surface area contributed by atoms with Crippen LogP contribution in [0.25, 0.3) is 0 Å². The molecule has 28 heavy (non-hydrogen) atoms. The first-order valence-electron chi connectivity index (χ1n) is 11.3. The van der Waals surface area contributed by atoms with E-state index >= 15 is 0 Å². The normalized spacial score (nSPS) is 28.2. The van der Waals surface area contributed by atoms with Gasteiger partial charge in [0.1, 0.15) is 11.5 Å². The number of aliphatic hydroxyl groups is 1. The van der Waals surface area contributed by atoms with E-state index in [1.165, 1.54) is 31.2 Å². The fourth-order valence-corrected chi connectivity index (χ4v) is 5.54. The largest absolute Gasteiger partial charge is 0.508 e. The number of aliphatic hydroxyl groups excluding tert-OH is 1. The molecule has 0 aliphatic heterocycles. The highest BCUT2D eigenvalue weighted by atomic mass is 16.3. The summed E-state index contributed by atoms with van der Waals surface area (Å²) in [6.07, 6.45) is 9.40. The van der Waals surface area contributed by atoms with Gasteiger partial charge < -0.3 is 10.2 Å². The summed E-state index contributed by atoms with van der Waals surface area (Å²) in [7, 11) is 0. The van der Waals surface area contributed by atoms with Crippen LogP contribution in [-0.2, 0) is 10.2 Å². The Morgan fingerprint density at radius 1 is 1.14 bits per heavy atom. The van der Waals surface area contributed by atoms with Crippen molar-refractivity contribution in [2.75, 3.05) is 0 Å². The van der Waals surface area contributed by atoms with Crippen LogP contribution >= 0.6 is 0 Å². The minimum absolute atomic E-state index is 0.0408. The first-order valence-corrected chi connectivity index (χ1v) is 11.3. The lowest BCUT2D eigenvalue weighted by atomic mass is 9.62. The Bertz CT molecular complexity index is 678. The van der Waals surface area contributed by atoms with Crippen LogP contribution in [0.1, 0.15) is 102 Å².